The van der Waals surface area contributed by atoms with Crippen molar-refractivity contribution < 1.29 is 4.42 Å². The summed E-state index contributed by atoms with van der Waals surface area (Å²) in [5.74, 6) is 2.13. The van der Waals surface area contributed by atoms with Gasteiger partial charge in [0, 0.05) is 6.42 Å². The Labute approximate surface area is 80.3 Å². The van der Waals surface area contributed by atoms with Crippen LogP contribution < -0.4 is 5.32 Å². The standard InChI is InChI=1S/C11H19NO/c1-3-5-8-12-9-11-7-6-10(4-2)13-11/h6-7,12H,3-5,8-9H2,1-2H3. The predicted molar refractivity (Wildman–Crippen MR) is 54.7 cm³/mol. The quantitative estimate of drug-likeness (QED) is 0.683. The molecular formula is C11H19NO. The van der Waals surface area contributed by atoms with Gasteiger partial charge in [-0.05, 0) is 25.1 Å². The van der Waals surface area contributed by atoms with E-state index in [1.54, 1.807) is 0 Å². The van der Waals surface area contributed by atoms with Crippen molar-refractivity contribution in [1.82, 2.24) is 5.32 Å². The van der Waals surface area contributed by atoms with Crippen molar-refractivity contribution in [2.75, 3.05) is 6.54 Å². The Hall–Kier alpha value is -0.760. The smallest absolute Gasteiger partial charge is 0.117 e. The largest absolute Gasteiger partial charge is 0.465 e. The molecule has 1 heterocycles. The van der Waals surface area contributed by atoms with E-state index in [2.05, 4.69) is 31.3 Å². The lowest BCUT2D eigenvalue weighted by atomic mass is 10.3. The molecule has 0 atom stereocenters. The average molecular weight is 181 g/mol. The molecule has 0 fully saturated rings. The highest BCUT2D eigenvalue weighted by Crippen LogP contribution is 2.07. The van der Waals surface area contributed by atoms with Gasteiger partial charge in [0.2, 0.25) is 0 Å². The van der Waals surface area contributed by atoms with E-state index in [-0.39, 0.29) is 0 Å². The van der Waals surface area contributed by atoms with Gasteiger partial charge in [0.05, 0.1) is 6.54 Å². The topological polar surface area (TPSA) is 25.2 Å². The van der Waals surface area contributed by atoms with Gasteiger partial charge < -0.3 is 9.73 Å². The molecule has 0 radical (unpaired) electrons. The van der Waals surface area contributed by atoms with Crippen LogP contribution in [0.1, 0.15) is 38.2 Å². The van der Waals surface area contributed by atoms with E-state index in [4.69, 9.17) is 4.42 Å². The van der Waals surface area contributed by atoms with Crippen molar-refractivity contribution in [3.63, 3.8) is 0 Å². The summed E-state index contributed by atoms with van der Waals surface area (Å²) in [6, 6.07) is 4.11. The van der Waals surface area contributed by atoms with Crippen LogP contribution in [0.3, 0.4) is 0 Å². The van der Waals surface area contributed by atoms with Gasteiger partial charge in [0.1, 0.15) is 11.5 Å². The Balaban J connectivity index is 2.20. The van der Waals surface area contributed by atoms with Gasteiger partial charge in [-0.15, -0.1) is 0 Å². The summed E-state index contributed by atoms with van der Waals surface area (Å²) in [4.78, 5) is 0. The highest BCUT2D eigenvalue weighted by Gasteiger charge is 1.98. The molecule has 0 aliphatic heterocycles. The maximum atomic E-state index is 5.55. The zero-order chi connectivity index (χ0) is 9.52. The van der Waals surface area contributed by atoms with Crippen LogP contribution in [0.15, 0.2) is 16.5 Å². The van der Waals surface area contributed by atoms with Crippen LogP contribution in [-0.4, -0.2) is 6.54 Å². The van der Waals surface area contributed by atoms with Crippen LogP contribution in [0.25, 0.3) is 0 Å². The molecule has 1 aromatic rings. The second kappa shape index (κ2) is 5.81. The van der Waals surface area contributed by atoms with Crippen molar-refractivity contribution in [3.8, 4) is 0 Å². The third-order valence-corrected chi connectivity index (χ3v) is 2.07. The lowest BCUT2D eigenvalue weighted by Crippen LogP contribution is -2.13. The minimum Gasteiger partial charge on any atom is -0.465 e. The SMILES string of the molecule is CCCCNCc1ccc(CC)o1. The van der Waals surface area contributed by atoms with Crippen molar-refractivity contribution >= 4 is 0 Å². The number of nitrogens with one attached hydrogen (secondary N) is 1. The second-order valence-corrected chi connectivity index (χ2v) is 3.25. The molecule has 2 nitrogen and oxygen atoms in total. The Morgan fingerprint density at radius 3 is 2.62 bits per heavy atom. The van der Waals surface area contributed by atoms with Crippen LogP contribution in [-0.2, 0) is 13.0 Å². The monoisotopic (exact) mass is 181 g/mol. The summed E-state index contributed by atoms with van der Waals surface area (Å²) in [6.45, 7) is 6.25. The normalized spacial score (nSPS) is 10.6. The highest BCUT2D eigenvalue weighted by atomic mass is 16.3. The molecule has 0 aliphatic rings. The first-order chi connectivity index (χ1) is 6.36. The van der Waals surface area contributed by atoms with E-state index < -0.39 is 0 Å². The van der Waals surface area contributed by atoms with Gasteiger partial charge >= 0.3 is 0 Å². The van der Waals surface area contributed by atoms with E-state index in [1.807, 2.05) is 0 Å². The summed E-state index contributed by atoms with van der Waals surface area (Å²) < 4.78 is 5.55. The average Bonchev–Trinajstić information content (AvgIpc) is 2.60. The molecule has 0 saturated heterocycles. The van der Waals surface area contributed by atoms with Gasteiger partial charge in [-0.1, -0.05) is 20.3 Å². The molecule has 0 saturated carbocycles. The van der Waals surface area contributed by atoms with Crippen molar-refractivity contribution in [1.29, 1.82) is 0 Å². The van der Waals surface area contributed by atoms with E-state index in [0.717, 1.165) is 31.0 Å². The Morgan fingerprint density at radius 2 is 2.00 bits per heavy atom. The highest BCUT2D eigenvalue weighted by molar-refractivity contribution is 5.06. The molecule has 1 N–H and O–H groups in total. The summed E-state index contributed by atoms with van der Waals surface area (Å²) in [5.41, 5.74) is 0. The van der Waals surface area contributed by atoms with E-state index in [9.17, 15) is 0 Å². The van der Waals surface area contributed by atoms with Crippen LogP contribution in [0.5, 0.6) is 0 Å². The fraction of sp³-hybridized carbons (Fsp3) is 0.636. The molecule has 0 aromatic carbocycles. The Morgan fingerprint density at radius 1 is 1.23 bits per heavy atom. The lowest BCUT2D eigenvalue weighted by Gasteiger charge is -1.99. The molecule has 13 heavy (non-hydrogen) atoms. The molecule has 0 bridgehead atoms. The lowest BCUT2D eigenvalue weighted by molar-refractivity contribution is 0.449. The number of hydrogen-bond donors (Lipinski definition) is 1. The van der Waals surface area contributed by atoms with E-state index >= 15 is 0 Å². The summed E-state index contributed by atoms with van der Waals surface area (Å²) >= 11 is 0. The molecule has 1 aromatic heterocycles. The predicted octanol–water partition coefficient (Wildman–Crippen LogP) is 2.73. The Kier molecular flexibility index (Phi) is 4.61. The third kappa shape index (κ3) is 3.64. The maximum absolute atomic E-state index is 5.55. The number of rotatable bonds is 6. The summed E-state index contributed by atoms with van der Waals surface area (Å²) in [6.07, 6.45) is 3.46. The van der Waals surface area contributed by atoms with Gasteiger partial charge in [0.15, 0.2) is 0 Å². The van der Waals surface area contributed by atoms with Crippen LogP contribution >= 0.6 is 0 Å². The van der Waals surface area contributed by atoms with E-state index in [1.165, 1.54) is 12.8 Å². The van der Waals surface area contributed by atoms with Crippen molar-refractivity contribution in [2.45, 2.75) is 39.7 Å². The fourth-order valence-corrected chi connectivity index (χ4v) is 1.22. The molecule has 0 amide bonds. The molecule has 1 rings (SSSR count). The van der Waals surface area contributed by atoms with Crippen LogP contribution in [0.2, 0.25) is 0 Å². The summed E-state index contributed by atoms with van der Waals surface area (Å²) in [5, 5.41) is 3.35. The molecular weight excluding hydrogens is 162 g/mol. The first-order valence-electron chi connectivity index (χ1n) is 5.15. The van der Waals surface area contributed by atoms with Crippen molar-refractivity contribution in [3.05, 3.63) is 23.7 Å². The molecule has 0 unspecified atom stereocenters. The van der Waals surface area contributed by atoms with E-state index in [0.29, 0.717) is 0 Å². The van der Waals surface area contributed by atoms with Crippen LogP contribution in [0, 0.1) is 0 Å². The van der Waals surface area contributed by atoms with Crippen molar-refractivity contribution in [2.24, 2.45) is 0 Å². The van der Waals surface area contributed by atoms with Gasteiger partial charge in [0.25, 0.3) is 0 Å². The maximum Gasteiger partial charge on any atom is 0.117 e. The zero-order valence-corrected chi connectivity index (χ0v) is 8.60. The fourth-order valence-electron chi connectivity index (χ4n) is 1.22. The first-order valence-corrected chi connectivity index (χ1v) is 5.15. The first kappa shape index (κ1) is 10.3. The zero-order valence-electron chi connectivity index (χ0n) is 8.60. The van der Waals surface area contributed by atoms with Gasteiger partial charge in [-0.2, -0.15) is 0 Å². The second-order valence-electron chi connectivity index (χ2n) is 3.25. The molecule has 74 valence electrons. The van der Waals surface area contributed by atoms with Crippen LogP contribution in [0.4, 0.5) is 0 Å². The summed E-state index contributed by atoms with van der Waals surface area (Å²) in [7, 11) is 0. The molecule has 0 spiro atoms. The number of aryl methyl sites for hydroxylation is 1. The number of furan rings is 1. The van der Waals surface area contributed by atoms with Gasteiger partial charge in [-0.25, -0.2) is 0 Å². The molecule has 2 heteroatoms. The minimum absolute atomic E-state index is 0.861. The third-order valence-electron chi connectivity index (χ3n) is 2.07. The number of unbranched alkanes of at least 4 members (excludes halogenated alkanes) is 1. The van der Waals surface area contributed by atoms with Gasteiger partial charge in [-0.3, -0.25) is 0 Å². The minimum atomic E-state index is 0.861. The molecule has 0 aliphatic carbocycles. The Bertz CT molecular complexity index is 230. The number of hydrogen-bond acceptors (Lipinski definition) is 2.